The van der Waals surface area contributed by atoms with Crippen LogP contribution in [0.15, 0.2) is 34.9 Å². The van der Waals surface area contributed by atoms with Crippen molar-refractivity contribution in [3.63, 3.8) is 0 Å². The maximum atomic E-state index is 12.2. The first-order valence-corrected chi connectivity index (χ1v) is 7.92. The molecule has 7 heteroatoms. The molecule has 0 aliphatic carbocycles. The van der Waals surface area contributed by atoms with Gasteiger partial charge in [0.2, 0.25) is 0 Å². The number of piperidine rings is 1. The Morgan fingerprint density at radius 2 is 2.17 bits per heavy atom. The van der Waals surface area contributed by atoms with Crippen molar-refractivity contribution < 1.29 is 14.3 Å². The van der Waals surface area contributed by atoms with Crippen LogP contribution in [-0.2, 0) is 0 Å². The monoisotopic (exact) mass is 335 g/mol. The zero-order valence-electron chi connectivity index (χ0n) is 12.5. The molecule has 3 heterocycles. The summed E-state index contributed by atoms with van der Waals surface area (Å²) in [6.45, 7) is 1.83. The summed E-state index contributed by atoms with van der Waals surface area (Å²) in [6, 6.07) is 6.64. The number of hydrogen-bond acceptors (Lipinski definition) is 5. The topological polar surface area (TPSA) is 78.6 Å². The lowest BCUT2D eigenvalue weighted by Crippen LogP contribution is -2.35. The number of aromatic nitrogens is 1. The fourth-order valence-electron chi connectivity index (χ4n) is 2.69. The van der Waals surface area contributed by atoms with E-state index >= 15 is 0 Å². The zero-order valence-corrected chi connectivity index (χ0v) is 13.3. The lowest BCUT2D eigenvalue weighted by molar-refractivity contribution is 0.0996. The van der Waals surface area contributed by atoms with E-state index in [1.807, 2.05) is 6.07 Å². The molecule has 6 nitrogen and oxygen atoms in total. The maximum Gasteiger partial charge on any atom is 0.291 e. The van der Waals surface area contributed by atoms with Gasteiger partial charge < -0.3 is 19.7 Å². The number of pyridine rings is 1. The van der Waals surface area contributed by atoms with E-state index in [9.17, 15) is 9.90 Å². The highest BCUT2D eigenvalue weighted by molar-refractivity contribution is 6.29. The number of halogens is 1. The summed E-state index contributed by atoms with van der Waals surface area (Å²) in [5.74, 6) is 0.869. The van der Waals surface area contributed by atoms with Crippen molar-refractivity contribution >= 4 is 29.0 Å². The highest BCUT2D eigenvalue weighted by Gasteiger charge is 2.22. The van der Waals surface area contributed by atoms with E-state index in [4.69, 9.17) is 16.0 Å². The predicted octanol–water partition coefficient (Wildman–Crippen LogP) is 2.79. The summed E-state index contributed by atoms with van der Waals surface area (Å²) >= 11 is 5.70. The minimum atomic E-state index is -0.364. The second-order valence-corrected chi connectivity index (χ2v) is 5.92. The van der Waals surface area contributed by atoms with E-state index in [-0.39, 0.29) is 23.5 Å². The molecule has 122 valence electrons. The van der Waals surface area contributed by atoms with E-state index in [0.717, 1.165) is 31.7 Å². The molecule has 0 aromatic carbocycles. The van der Waals surface area contributed by atoms with Gasteiger partial charge >= 0.3 is 0 Å². The molecule has 0 unspecified atom stereocenters. The number of amides is 1. The lowest BCUT2D eigenvalue weighted by Gasteiger charge is -2.33. The molecule has 0 radical (unpaired) electrons. The summed E-state index contributed by atoms with van der Waals surface area (Å²) in [5.41, 5.74) is 0.632. The van der Waals surface area contributed by atoms with Gasteiger partial charge in [0.25, 0.3) is 5.91 Å². The molecule has 2 aromatic heterocycles. The van der Waals surface area contributed by atoms with Crippen LogP contribution in [0.3, 0.4) is 0 Å². The van der Waals surface area contributed by atoms with Crippen LogP contribution in [0.2, 0.25) is 5.22 Å². The quantitative estimate of drug-likeness (QED) is 0.898. The predicted molar refractivity (Wildman–Crippen MR) is 87.9 cm³/mol. The van der Waals surface area contributed by atoms with Gasteiger partial charge in [-0.15, -0.1) is 0 Å². The molecular weight excluding hydrogens is 318 g/mol. The number of carbonyl (C=O) groups excluding carboxylic acids is 1. The smallest absolute Gasteiger partial charge is 0.291 e. The standard InChI is InChI=1S/C16H18ClN3O3/c17-14-4-3-13(23-14)16(22)19-12-2-1-7-18-15(12)20-8-5-11(10-21)6-9-20/h1-4,7,11,21H,5-6,8-10H2,(H,19,22). The molecule has 1 amide bonds. The van der Waals surface area contributed by atoms with Crippen molar-refractivity contribution in [1.82, 2.24) is 4.98 Å². The van der Waals surface area contributed by atoms with Crippen LogP contribution in [0.5, 0.6) is 0 Å². The number of anilines is 2. The van der Waals surface area contributed by atoms with Crippen molar-refractivity contribution in [2.75, 3.05) is 29.9 Å². The Kier molecular flexibility index (Phi) is 4.83. The highest BCUT2D eigenvalue weighted by atomic mass is 35.5. The Bertz CT molecular complexity index is 681. The Labute approximate surface area is 139 Å². The van der Waals surface area contributed by atoms with Crippen LogP contribution in [0, 0.1) is 5.92 Å². The van der Waals surface area contributed by atoms with E-state index < -0.39 is 0 Å². The molecule has 1 fully saturated rings. The zero-order chi connectivity index (χ0) is 16.2. The third-order valence-corrected chi connectivity index (χ3v) is 4.21. The molecule has 2 N–H and O–H groups in total. The first-order chi connectivity index (χ1) is 11.2. The Morgan fingerprint density at radius 1 is 1.39 bits per heavy atom. The number of hydrogen-bond donors (Lipinski definition) is 2. The average molecular weight is 336 g/mol. The number of rotatable bonds is 4. The second kappa shape index (κ2) is 7.02. The third kappa shape index (κ3) is 3.65. The van der Waals surface area contributed by atoms with Gasteiger partial charge in [0.15, 0.2) is 16.8 Å². The van der Waals surface area contributed by atoms with Crippen LogP contribution in [0.25, 0.3) is 0 Å². The van der Waals surface area contributed by atoms with E-state index in [2.05, 4.69) is 15.2 Å². The van der Waals surface area contributed by atoms with Gasteiger partial charge in [-0.1, -0.05) is 0 Å². The number of aliphatic hydroxyl groups is 1. The van der Waals surface area contributed by atoms with Crippen LogP contribution < -0.4 is 10.2 Å². The summed E-state index contributed by atoms with van der Waals surface area (Å²) < 4.78 is 5.12. The molecular formula is C16H18ClN3O3. The molecule has 0 bridgehead atoms. The van der Waals surface area contributed by atoms with Crippen LogP contribution in [0.4, 0.5) is 11.5 Å². The number of nitrogens with zero attached hydrogens (tertiary/aromatic N) is 2. The first-order valence-electron chi connectivity index (χ1n) is 7.55. The molecule has 1 aliphatic rings. The fraction of sp³-hybridized carbons (Fsp3) is 0.375. The van der Waals surface area contributed by atoms with Gasteiger partial charge in [-0.2, -0.15) is 0 Å². The number of aliphatic hydroxyl groups excluding tert-OH is 1. The van der Waals surface area contributed by atoms with Gasteiger partial charge in [-0.25, -0.2) is 4.98 Å². The van der Waals surface area contributed by atoms with Crippen molar-refractivity contribution in [3.05, 3.63) is 41.4 Å². The summed E-state index contributed by atoms with van der Waals surface area (Å²) in [6.07, 6.45) is 3.52. The van der Waals surface area contributed by atoms with Gasteiger partial charge in [0.05, 0.1) is 5.69 Å². The van der Waals surface area contributed by atoms with Crippen molar-refractivity contribution in [1.29, 1.82) is 0 Å². The van der Waals surface area contributed by atoms with Gasteiger partial charge in [0.1, 0.15) is 0 Å². The summed E-state index contributed by atoms with van der Waals surface area (Å²) in [4.78, 5) is 18.7. The molecule has 23 heavy (non-hydrogen) atoms. The average Bonchev–Trinajstić information content (AvgIpc) is 3.02. The number of furan rings is 1. The van der Waals surface area contributed by atoms with Crippen molar-refractivity contribution in [2.45, 2.75) is 12.8 Å². The van der Waals surface area contributed by atoms with E-state index in [1.54, 1.807) is 12.3 Å². The van der Waals surface area contributed by atoms with Crippen LogP contribution in [-0.4, -0.2) is 35.7 Å². The van der Waals surface area contributed by atoms with Gasteiger partial charge in [-0.05, 0) is 54.6 Å². The molecule has 0 saturated carbocycles. The Morgan fingerprint density at radius 3 is 2.83 bits per heavy atom. The second-order valence-electron chi connectivity index (χ2n) is 5.55. The van der Waals surface area contributed by atoms with E-state index in [1.165, 1.54) is 12.1 Å². The molecule has 1 aliphatic heterocycles. The summed E-state index contributed by atoms with van der Waals surface area (Å²) in [7, 11) is 0. The van der Waals surface area contributed by atoms with Gasteiger partial charge in [-0.3, -0.25) is 4.79 Å². The van der Waals surface area contributed by atoms with Gasteiger partial charge in [0, 0.05) is 25.9 Å². The minimum Gasteiger partial charge on any atom is -0.440 e. The first kappa shape index (κ1) is 15.8. The maximum absolute atomic E-state index is 12.2. The molecule has 0 spiro atoms. The Balaban J connectivity index is 1.74. The van der Waals surface area contributed by atoms with E-state index in [0.29, 0.717) is 11.6 Å². The van der Waals surface area contributed by atoms with Crippen LogP contribution in [0.1, 0.15) is 23.4 Å². The number of nitrogens with one attached hydrogen (secondary N) is 1. The SMILES string of the molecule is O=C(Nc1cccnc1N1CCC(CO)CC1)c1ccc(Cl)o1. The molecule has 0 atom stereocenters. The molecule has 2 aromatic rings. The lowest BCUT2D eigenvalue weighted by atomic mass is 9.98. The summed E-state index contributed by atoms with van der Waals surface area (Å²) in [5, 5.41) is 12.2. The molecule has 3 rings (SSSR count). The largest absolute Gasteiger partial charge is 0.440 e. The van der Waals surface area contributed by atoms with Crippen molar-refractivity contribution in [3.8, 4) is 0 Å². The third-order valence-electron chi connectivity index (χ3n) is 4.00. The Hall–Kier alpha value is -2.05. The van der Waals surface area contributed by atoms with Crippen LogP contribution >= 0.6 is 11.6 Å². The normalized spacial score (nSPS) is 15.7. The van der Waals surface area contributed by atoms with Crippen molar-refractivity contribution in [2.24, 2.45) is 5.92 Å². The fourth-order valence-corrected chi connectivity index (χ4v) is 2.84. The molecule has 1 saturated heterocycles. The highest BCUT2D eigenvalue weighted by Crippen LogP contribution is 2.28. The minimum absolute atomic E-state index is 0.156. The number of carbonyl (C=O) groups is 1.